The van der Waals surface area contributed by atoms with E-state index in [2.05, 4.69) is 20.7 Å². The average Bonchev–Trinajstić information content (AvgIpc) is 2.36. The number of Topliss-reactive ketones (excluding diaryl/α,β-unsaturated/α-hetero) is 1. The Bertz CT molecular complexity index is 415. The predicted molar refractivity (Wildman–Crippen MR) is 69.7 cm³/mol. The lowest BCUT2D eigenvalue weighted by Gasteiger charge is -2.10. The minimum atomic E-state index is -4.34. The molecule has 0 aliphatic carbocycles. The van der Waals surface area contributed by atoms with E-state index in [0.29, 0.717) is 12.8 Å². The van der Waals surface area contributed by atoms with Crippen LogP contribution >= 0.6 is 15.9 Å². The van der Waals surface area contributed by atoms with Crippen LogP contribution in [-0.4, -0.2) is 23.4 Å². The Kier molecular flexibility index (Phi) is 5.85. The molecule has 0 aliphatic heterocycles. The lowest BCUT2D eigenvalue weighted by Crippen LogP contribution is -2.19. The molecule has 106 valence electrons. The Labute approximate surface area is 118 Å². The Morgan fingerprint density at radius 2 is 1.89 bits per heavy atom. The highest BCUT2D eigenvalue weighted by Gasteiger charge is 2.28. The third kappa shape index (κ3) is 6.09. The second kappa shape index (κ2) is 6.93. The number of alkyl halides is 4. The molecule has 6 heteroatoms. The summed E-state index contributed by atoms with van der Waals surface area (Å²) in [6, 6.07) is 6.25. The quantitative estimate of drug-likeness (QED) is 0.735. The van der Waals surface area contributed by atoms with Crippen molar-refractivity contribution in [2.24, 2.45) is 0 Å². The van der Waals surface area contributed by atoms with Crippen molar-refractivity contribution in [3.63, 3.8) is 0 Å². The number of rotatable bonds is 6. The molecule has 2 nitrogen and oxygen atoms in total. The molecule has 0 fully saturated rings. The number of carbonyl (C=O) groups excluding carboxylic acids is 1. The summed E-state index contributed by atoms with van der Waals surface area (Å²) in [5, 5.41) is 0. The van der Waals surface area contributed by atoms with Crippen molar-refractivity contribution in [3.05, 3.63) is 29.8 Å². The topological polar surface area (TPSA) is 26.3 Å². The van der Waals surface area contributed by atoms with Crippen molar-refractivity contribution >= 4 is 21.7 Å². The minimum Gasteiger partial charge on any atom is -0.484 e. The van der Waals surface area contributed by atoms with Crippen molar-refractivity contribution < 1.29 is 22.7 Å². The molecule has 0 bridgehead atoms. The van der Waals surface area contributed by atoms with E-state index in [1.54, 1.807) is 19.1 Å². The highest BCUT2D eigenvalue weighted by atomic mass is 79.9. The summed E-state index contributed by atoms with van der Waals surface area (Å²) in [6.45, 7) is 0.479. The summed E-state index contributed by atoms with van der Waals surface area (Å²) in [6.07, 6.45) is -3.39. The van der Waals surface area contributed by atoms with Crippen molar-refractivity contribution in [3.8, 4) is 5.75 Å². The first kappa shape index (κ1) is 16.0. The number of carbonyl (C=O) groups is 1. The molecule has 1 unspecified atom stereocenters. The Morgan fingerprint density at radius 1 is 1.32 bits per heavy atom. The summed E-state index contributed by atoms with van der Waals surface area (Å²) in [5.41, 5.74) is 0.864. The number of hydrogen-bond acceptors (Lipinski definition) is 2. The van der Waals surface area contributed by atoms with Gasteiger partial charge in [0.2, 0.25) is 0 Å². The van der Waals surface area contributed by atoms with E-state index < -0.39 is 12.8 Å². The Morgan fingerprint density at radius 3 is 2.37 bits per heavy atom. The van der Waals surface area contributed by atoms with E-state index in [0.717, 1.165) is 5.56 Å². The maximum Gasteiger partial charge on any atom is 0.422 e. The van der Waals surface area contributed by atoms with Crippen LogP contribution in [0.15, 0.2) is 24.3 Å². The summed E-state index contributed by atoms with van der Waals surface area (Å²) >= 11 is 3.29. The highest BCUT2D eigenvalue weighted by Crippen LogP contribution is 2.20. The van der Waals surface area contributed by atoms with Crippen LogP contribution in [0.2, 0.25) is 0 Å². The van der Waals surface area contributed by atoms with Gasteiger partial charge >= 0.3 is 6.18 Å². The van der Waals surface area contributed by atoms with Crippen molar-refractivity contribution in [2.75, 3.05) is 6.61 Å². The van der Waals surface area contributed by atoms with E-state index in [9.17, 15) is 18.0 Å². The first-order valence-corrected chi connectivity index (χ1v) is 6.68. The fourth-order valence-electron chi connectivity index (χ4n) is 1.43. The fourth-order valence-corrected chi connectivity index (χ4v) is 2.13. The largest absolute Gasteiger partial charge is 0.484 e. The van der Waals surface area contributed by atoms with Crippen LogP contribution in [0.25, 0.3) is 0 Å². The van der Waals surface area contributed by atoms with Gasteiger partial charge in [0, 0.05) is 6.42 Å². The molecule has 0 amide bonds. The molecule has 0 heterocycles. The normalized spacial score (nSPS) is 13.1. The van der Waals surface area contributed by atoms with Crippen molar-refractivity contribution in [2.45, 2.75) is 30.8 Å². The van der Waals surface area contributed by atoms with E-state index in [4.69, 9.17) is 0 Å². The van der Waals surface area contributed by atoms with E-state index in [-0.39, 0.29) is 16.4 Å². The second-order valence-corrected chi connectivity index (χ2v) is 5.14. The van der Waals surface area contributed by atoms with Gasteiger partial charge in [-0.05, 0) is 24.1 Å². The van der Waals surface area contributed by atoms with Gasteiger partial charge in [-0.2, -0.15) is 13.2 Å². The van der Waals surface area contributed by atoms with E-state index in [1.165, 1.54) is 12.1 Å². The van der Waals surface area contributed by atoms with Crippen LogP contribution in [0, 0.1) is 0 Å². The van der Waals surface area contributed by atoms with Crippen molar-refractivity contribution in [1.82, 2.24) is 0 Å². The minimum absolute atomic E-state index is 0.0948. The number of halogens is 4. The van der Waals surface area contributed by atoms with E-state index >= 15 is 0 Å². The lowest BCUT2D eigenvalue weighted by molar-refractivity contribution is -0.153. The predicted octanol–water partition coefficient (Wildman–Crippen LogP) is 3.91. The van der Waals surface area contributed by atoms with Gasteiger partial charge in [0.15, 0.2) is 6.61 Å². The molecular weight excluding hydrogens is 325 g/mol. The summed E-state index contributed by atoms with van der Waals surface area (Å²) in [4.78, 5) is 11.1. The van der Waals surface area contributed by atoms with Gasteiger partial charge in [-0.1, -0.05) is 35.0 Å². The smallest absolute Gasteiger partial charge is 0.422 e. The van der Waals surface area contributed by atoms with Gasteiger partial charge in [0.1, 0.15) is 11.5 Å². The maximum absolute atomic E-state index is 12.0. The summed E-state index contributed by atoms with van der Waals surface area (Å²) < 4.78 is 40.5. The molecule has 0 radical (unpaired) electrons. The molecule has 1 atom stereocenters. The SMILES string of the molecule is CCC(=O)C(Br)Cc1ccc(OCC(F)(F)F)cc1. The Hall–Kier alpha value is -1.04. The molecule has 0 aliphatic rings. The van der Waals surface area contributed by atoms with Gasteiger partial charge in [0.05, 0.1) is 4.83 Å². The van der Waals surface area contributed by atoms with Crippen LogP contribution in [0.5, 0.6) is 5.75 Å². The monoisotopic (exact) mass is 338 g/mol. The zero-order chi connectivity index (χ0) is 14.5. The maximum atomic E-state index is 12.0. The molecule has 1 aromatic rings. The number of ketones is 1. The zero-order valence-electron chi connectivity index (χ0n) is 10.3. The number of ether oxygens (including phenoxy) is 1. The van der Waals surface area contributed by atoms with Crippen LogP contribution in [-0.2, 0) is 11.2 Å². The number of benzene rings is 1. The van der Waals surface area contributed by atoms with Gasteiger partial charge in [-0.3, -0.25) is 4.79 Å². The summed E-state index contributed by atoms with van der Waals surface area (Å²) in [5.74, 6) is 0.256. The molecular formula is C13H14BrF3O2. The van der Waals surface area contributed by atoms with Crippen LogP contribution in [0.4, 0.5) is 13.2 Å². The highest BCUT2D eigenvalue weighted by molar-refractivity contribution is 9.10. The zero-order valence-corrected chi connectivity index (χ0v) is 11.9. The van der Waals surface area contributed by atoms with Crippen LogP contribution < -0.4 is 4.74 Å². The molecule has 1 aromatic carbocycles. The number of hydrogen-bond donors (Lipinski definition) is 0. The third-order valence-electron chi connectivity index (χ3n) is 2.44. The first-order valence-electron chi connectivity index (χ1n) is 5.77. The molecule has 0 aromatic heterocycles. The molecule has 0 spiro atoms. The molecule has 0 saturated carbocycles. The van der Waals surface area contributed by atoms with Crippen LogP contribution in [0.3, 0.4) is 0 Å². The van der Waals surface area contributed by atoms with Crippen LogP contribution in [0.1, 0.15) is 18.9 Å². The standard InChI is InChI=1S/C13H14BrF3O2/c1-2-12(18)11(14)7-9-3-5-10(6-4-9)19-8-13(15,16)17/h3-6,11H,2,7-8H2,1H3. The third-order valence-corrected chi connectivity index (χ3v) is 3.27. The first-order chi connectivity index (χ1) is 8.81. The van der Waals surface area contributed by atoms with Gasteiger partial charge in [-0.15, -0.1) is 0 Å². The molecule has 19 heavy (non-hydrogen) atoms. The molecule has 1 rings (SSSR count). The molecule has 0 saturated heterocycles. The van der Waals surface area contributed by atoms with E-state index in [1.807, 2.05) is 0 Å². The van der Waals surface area contributed by atoms with Gasteiger partial charge in [0.25, 0.3) is 0 Å². The van der Waals surface area contributed by atoms with Gasteiger partial charge in [-0.25, -0.2) is 0 Å². The average molecular weight is 339 g/mol. The molecule has 0 N–H and O–H groups in total. The second-order valence-electron chi connectivity index (χ2n) is 4.04. The van der Waals surface area contributed by atoms with Crippen molar-refractivity contribution in [1.29, 1.82) is 0 Å². The summed E-state index contributed by atoms with van der Waals surface area (Å²) in [7, 11) is 0. The Balaban J connectivity index is 2.54. The van der Waals surface area contributed by atoms with Gasteiger partial charge < -0.3 is 4.74 Å². The lowest BCUT2D eigenvalue weighted by atomic mass is 10.1. The fraction of sp³-hybridized carbons (Fsp3) is 0.462.